The maximum absolute atomic E-state index is 13.6. The number of amides is 1. The van der Waals surface area contributed by atoms with Crippen molar-refractivity contribution in [2.45, 2.75) is 6.10 Å². The molecule has 0 spiro atoms. The molecule has 1 saturated heterocycles. The van der Waals surface area contributed by atoms with Gasteiger partial charge in [-0.3, -0.25) is 4.79 Å². The average Bonchev–Trinajstić information content (AvgIpc) is 2.51. The average molecular weight is 297 g/mol. The van der Waals surface area contributed by atoms with Crippen molar-refractivity contribution >= 4 is 5.91 Å². The Morgan fingerprint density at radius 2 is 2.09 bits per heavy atom. The van der Waals surface area contributed by atoms with E-state index in [1.54, 1.807) is 24.3 Å². The lowest BCUT2D eigenvalue weighted by atomic mass is 10.1. The van der Waals surface area contributed by atoms with Gasteiger partial charge in [0, 0.05) is 12.3 Å². The molecule has 1 amide bonds. The van der Waals surface area contributed by atoms with E-state index in [2.05, 4.69) is 4.98 Å². The molecule has 5 nitrogen and oxygen atoms in total. The van der Waals surface area contributed by atoms with Crippen LogP contribution in [0.25, 0.3) is 0 Å². The van der Waals surface area contributed by atoms with Gasteiger partial charge in [0.15, 0.2) is 0 Å². The number of halogens is 1. The van der Waals surface area contributed by atoms with Gasteiger partial charge in [-0.2, -0.15) is 5.26 Å². The molecular weight excluding hydrogens is 285 g/mol. The molecule has 0 unspecified atom stereocenters. The molecule has 0 aliphatic carbocycles. The van der Waals surface area contributed by atoms with Crippen molar-refractivity contribution in [2.24, 2.45) is 0 Å². The van der Waals surface area contributed by atoms with Crippen LogP contribution in [0.1, 0.15) is 15.9 Å². The second kappa shape index (κ2) is 5.82. The molecule has 1 aliphatic heterocycles. The van der Waals surface area contributed by atoms with Gasteiger partial charge < -0.3 is 9.64 Å². The highest BCUT2D eigenvalue weighted by atomic mass is 19.1. The molecule has 1 aliphatic rings. The quantitative estimate of drug-likeness (QED) is 0.869. The van der Waals surface area contributed by atoms with Crippen molar-refractivity contribution in [1.29, 1.82) is 5.26 Å². The summed E-state index contributed by atoms with van der Waals surface area (Å²) in [6.45, 7) is 0.768. The first-order chi connectivity index (χ1) is 10.7. The van der Waals surface area contributed by atoms with E-state index in [0.29, 0.717) is 24.5 Å². The highest BCUT2D eigenvalue weighted by Crippen LogP contribution is 2.19. The number of carbonyl (C=O) groups is 1. The third kappa shape index (κ3) is 2.74. The van der Waals surface area contributed by atoms with Crippen LogP contribution in [0, 0.1) is 17.1 Å². The Hall–Kier alpha value is -2.94. The van der Waals surface area contributed by atoms with Gasteiger partial charge in [0.25, 0.3) is 5.91 Å². The summed E-state index contributed by atoms with van der Waals surface area (Å²) in [4.78, 5) is 17.6. The number of ether oxygens (including phenoxy) is 1. The second-order valence-electron chi connectivity index (χ2n) is 4.93. The fraction of sp³-hybridized carbons (Fsp3) is 0.188. The molecule has 2 aromatic rings. The van der Waals surface area contributed by atoms with Gasteiger partial charge in [0.2, 0.25) is 5.88 Å². The fourth-order valence-electron chi connectivity index (χ4n) is 2.17. The van der Waals surface area contributed by atoms with Gasteiger partial charge in [-0.1, -0.05) is 12.1 Å². The molecule has 3 rings (SSSR count). The zero-order valence-electron chi connectivity index (χ0n) is 11.6. The number of rotatable bonds is 3. The zero-order valence-corrected chi connectivity index (χ0v) is 11.6. The van der Waals surface area contributed by atoms with Crippen LogP contribution >= 0.6 is 0 Å². The number of benzene rings is 1. The number of hydrogen-bond acceptors (Lipinski definition) is 4. The lowest BCUT2D eigenvalue weighted by Gasteiger charge is -2.38. The fourth-order valence-corrected chi connectivity index (χ4v) is 2.17. The molecule has 22 heavy (non-hydrogen) atoms. The number of likely N-dealkylation sites (tertiary alicyclic amines) is 1. The molecule has 110 valence electrons. The van der Waals surface area contributed by atoms with Crippen molar-refractivity contribution in [3.05, 3.63) is 59.5 Å². The molecule has 0 saturated carbocycles. The van der Waals surface area contributed by atoms with E-state index in [9.17, 15) is 9.18 Å². The van der Waals surface area contributed by atoms with Crippen molar-refractivity contribution in [2.75, 3.05) is 13.1 Å². The summed E-state index contributed by atoms with van der Waals surface area (Å²) < 4.78 is 19.1. The summed E-state index contributed by atoms with van der Waals surface area (Å²) in [5, 5.41) is 8.69. The molecule has 0 bridgehead atoms. The molecule has 6 heteroatoms. The molecule has 0 radical (unpaired) electrons. The van der Waals surface area contributed by atoms with Crippen LogP contribution in [0.2, 0.25) is 0 Å². The van der Waals surface area contributed by atoms with Gasteiger partial charge in [0.1, 0.15) is 18.0 Å². The molecule has 0 atom stereocenters. The van der Waals surface area contributed by atoms with Gasteiger partial charge in [-0.15, -0.1) is 0 Å². The summed E-state index contributed by atoms with van der Waals surface area (Å²) in [6, 6.07) is 11.1. The Kier molecular flexibility index (Phi) is 3.71. The number of nitriles is 1. The van der Waals surface area contributed by atoms with Crippen LogP contribution in [0.4, 0.5) is 4.39 Å². The number of hydrogen-bond donors (Lipinski definition) is 0. The Balaban J connectivity index is 1.57. The van der Waals surface area contributed by atoms with Crippen LogP contribution in [0.15, 0.2) is 42.6 Å². The topological polar surface area (TPSA) is 66.2 Å². The van der Waals surface area contributed by atoms with Crippen LogP contribution < -0.4 is 4.74 Å². The number of aromatic nitrogens is 1. The monoisotopic (exact) mass is 297 g/mol. The van der Waals surface area contributed by atoms with Crippen molar-refractivity contribution in [3.8, 4) is 11.9 Å². The predicted octanol–water partition coefficient (Wildman–Crippen LogP) is 2.00. The molecule has 0 N–H and O–H groups in total. The van der Waals surface area contributed by atoms with E-state index in [1.807, 2.05) is 6.07 Å². The summed E-state index contributed by atoms with van der Waals surface area (Å²) in [7, 11) is 0. The SMILES string of the molecule is N#Cc1ccc(OC2CN(C(=O)c3ccccc3F)C2)nc1. The maximum atomic E-state index is 13.6. The summed E-state index contributed by atoms with van der Waals surface area (Å²) in [5.74, 6) is -0.460. The summed E-state index contributed by atoms with van der Waals surface area (Å²) >= 11 is 0. The molecular formula is C16H12FN3O2. The highest BCUT2D eigenvalue weighted by molar-refractivity contribution is 5.95. The van der Waals surface area contributed by atoms with Crippen LogP contribution in [0.5, 0.6) is 5.88 Å². The maximum Gasteiger partial charge on any atom is 0.257 e. The number of nitrogens with zero attached hydrogens (tertiary/aromatic N) is 3. The van der Waals surface area contributed by atoms with Crippen LogP contribution in [-0.4, -0.2) is 35.0 Å². The summed E-state index contributed by atoms with van der Waals surface area (Å²) in [6.07, 6.45) is 1.26. The molecule has 1 fully saturated rings. The minimum absolute atomic E-state index is 0.0671. The van der Waals surface area contributed by atoms with Crippen molar-refractivity contribution in [1.82, 2.24) is 9.88 Å². The van der Waals surface area contributed by atoms with E-state index in [1.165, 1.54) is 23.2 Å². The summed E-state index contributed by atoms with van der Waals surface area (Å²) in [5.41, 5.74) is 0.523. The van der Waals surface area contributed by atoms with Gasteiger partial charge in [0.05, 0.1) is 24.2 Å². The highest BCUT2D eigenvalue weighted by Gasteiger charge is 2.33. The van der Waals surface area contributed by atoms with Gasteiger partial charge in [-0.05, 0) is 18.2 Å². The molecule has 1 aromatic carbocycles. The molecule has 1 aromatic heterocycles. The second-order valence-corrected chi connectivity index (χ2v) is 4.93. The first kappa shape index (κ1) is 14.0. The van der Waals surface area contributed by atoms with E-state index in [-0.39, 0.29) is 17.6 Å². The first-order valence-electron chi connectivity index (χ1n) is 6.74. The molecule has 2 heterocycles. The lowest BCUT2D eigenvalue weighted by Crippen LogP contribution is -2.56. The minimum Gasteiger partial charge on any atom is -0.471 e. The number of carbonyl (C=O) groups excluding carboxylic acids is 1. The van der Waals surface area contributed by atoms with Crippen molar-refractivity contribution in [3.63, 3.8) is 0 Å². The zero-order chi connectivity index (χ0) is 15.5. The van der Waals surface area contributed by atoms with E-state index < -0.39 is 5.82 Å². The van der Waals surface area contributed by atoms with Crippen LogP contribution in [-0.2, 0) is 0 Å². The third-order valence-electron chi connectivity index (χ3n) is 3.39. The third-order valence-corrected chi connectivity index (χ3v) is 3.39. The van der Waals surface area contributed by atoms with Gasteiger partial charge >= 0.3 is 0 Å². The van der Waals surface area contributed by atoms with E-state index >= 15 is 0 Å². The predicted molar refractivity (Wildman–Crippen MR) is 75.7 cm³/mol. The lowest BCUT2D eigenvalue weighted by molar-refractivity contribution is 0.0157. The van der Waals surface area contributed by atoms with Crippen molar-refractivity contribution < 1.29 is 13.9 Å². The minimum atomic E-state index is -0.523. The smallest absolute Gasteiger partial charge is 0.257 e. The standard InChI is InChI=1S/C16H12FN3O2/c17-14-4-2-1-3-13(14)16(21)20-9-12(10-20)22-15-6-5-11(7-18)8-19-15/h1-6,8,12H,9-10H2. The van der Waals surface area contributed by atoms with Gasteiger partial charge in [-0.25, -0.2) is 9.37 Å². The Labute approximate surface area is 126 Å². The Bertz CT molecular complexity index is 734. The Morgan fingerprint density at radius 1 is 1.32 bits per heavy atom. The largest absolute Gasteiger partial charge is 0.471 e. The first-order valence-corrected chi connectivity index (χ1v) is 6.74. The van der Waals surface area contributed by atoms with Crippen LogP contribution in [0.3, 0.4) is 0 Å². The normalized spacial score (nSPS) is 14.1. The van der Waals surface area contributed by atoms with E-state index in [0.717, 1.165) is 0 Å². The number of pyridine rings is 1. The Morgan fingerprint density at radius 3 is 2.73 bits per heavy atom. The van der Waals surface area contributed by atoms with E-state index in [4.69, 9.17) is 10.00 Å².